The zero-order valence-electron chi connectivity index (χ0n) is 23.0. The van der Waals surface area contributed by atoms with Gasteiger partial charge in [-0.25, -0.2) is 9.59 Å². The summed E-state index contributed by atoms with van der Waals surface area (Å²) < 4.78 is 10.9. The number of benzene rings is 4. The molecule has 0 saturated heterocycles. The number of carbonyl (C=O) groups excluding carboxylic acids is 2. The van der Waals surface area contributed by atoms with E-state index in [0.29, 0.717) is 11.3 Å². The van der Waals surface area contributed by atoms with Crippen LogP contribution in [-0.2, 0) is 14.3 Å². The molecule has 0 saturated carbocycles. The van der Waals surface area contributed by atoms with Crippen LogP contribution in [0.1, 0.15) is 27.4 Å². The summed E-state index contributed by atoms with van der Waals surface area (Å²) in [5, 5.41) is 27.9. The number of nitrogens with one attached hydrogen (secondary N) is 2. The summed E-state index contributed by atoms with van der Waals surface area (Å²) in [6.07, 6.45) is 0. The maximum atomic E-state index is 12.8. The van der Waals surface area contributed by atoms with Crippen molar-refractivity contribution in [2.24, 2.45) is 0 Å². The van der Waals surface area contributed by atoms with Gasteiger partial charge >= 0.3 is 11.9 Å². The minimum Gasteiger partial charge on any atom is -0.461 e. The average Bonchev–Trinajstić information content (AvgIpc) is 3.36. The molecular formula is C31H26N4O8S. The van der Waals surface area contributed by atoms with E-state index in [4.69, 9.17) is 9.47 Å². The van der Waals surface area contributed by atoms with Crippen molar-refractivity contribution >= 4 is 47.3 Å². The number of esters is 2. The third-order valence-electron chi connectivity index (χ3n) is 7.14. The Hall–Kier alpha value is -5.43. The Morgan fingerprint density at radius 2 is 1.48 bits per heavy atom. The SMILES string of the molecule is O=C(OCC1c2ccccc2-c2ccccc21)c1ccc(NCOC(=O)[C@H](CS)Nc2ccc([N+](=O)[O-])cc2[N+](=O)[O-])cc1. The van der Waals surface area contributed by atoms with Crippen LogP contribution in [0.4, 0.5) is 22.7 Å². The molecule has 0 spiro atoms. The third kappa shape index (κ3) is 6.47. The lowest BCUT2D eigenvalue weighted by Gasteiger charge is -2.17. The van der Waals surface area contributed by atoms with Crippen molar-refractivity contribution in [2.75, 3.05) is 29.7 Å². The van der Waals surface area contributed by atoms with E-state index in [-0.39, 0.29) is 30.7 Å². The first-order valence-electron chi connectivity index (χ1n) is 13.4. The normalized spacial score (nSPS) is 12.4. The van der Waals surface area contributed by atoms with E-state index in [2.05, 4.69) is 47.5 Å². The molecule has 1 aliphatic carbocycles. The van der Waals surface area contributed by atoms with Crippen LogP contribution in [-0.4, -0.2) is 46.9 Å². The highest BCUT2D eigenvalue weighted by Crippen LogP contribution is 2.44. The number of thiol groups is 1. The summed E-state index contributed by atoms with van der Waals surface area (Å²) in [4.78, 5) is 46.2. The standard InChI is InChI=1S/C31H26N4O8S/c36-30(42-16-26-24-7-3-1-5-22(24)23-6-2-4-8-25(23)26)19-9-11-20(12-10-19)32-18-43-31(37)28(17-44)33-27-14-13-21(34(38)39)15-29(27)35(40)41/h1-15,26,28,32-33,44H,16-18H2/t28-/m0/s1. The van der Waals surface area contributed by atoms with Crippen molar-refractivity contribution in [3.8, 4) is 11.1 Å². The van der Waals surface area contributed by atoms with E-state index in [1.807, 2.05) is 24.3 Å². The van der Waals surface area contributed by atoms with Crippen molar-refractivity contribution < 1.29 is 28.9 Å². The minimum absolute atomic E-state index is 0.0518. The fraction of sp³-hybridized carbons (Fsp3) is 0.161. The van der Waals surface area contributed by atoms with E-state index in [1.54, 1.807) is 24.3 Å². The molecule has 0 radical (unpaired) electrons. The number of nitrogens with zero attached hydrogens (tertiary/aromatic N) is 2. The van der Waals surface area contributed by atoms with Gasteiger partial charge in [0.05, 0.1) is 21.5 Å². The molecule has 1 aliphatic rings. The molecule has 0 aromatic heterocycles. The number of fused-ring (bicyclic) bond motifs is 3. The van der Waals surface area contributed by atoms with Crippen LogP contribution in [0, 0.1) is 20.2 Å². The lowest BCUT2D eigenvalue weighted by atomic mass is 9.98. The number of carbonyl (C=O) groups is 2. The Morgan fingerprint density at radius 1 is 0.841 bits per heavy atom. The Bertz CT molecular complexity index is 1680. The van der Waals surface area contributed by atoms with Gasteiger partial charge in [0, 0.05) is 23.4 Å². The van der Waals surface area contributed by atoms with Crippen LogP contribution >= 0.6 is 12.6 Å². The van der Waals surface area contributed by atoms with Gasteiger partial charge in [0.15, 0.2) is 6.73 Å². The predicted molar refractivity (Wildman–Crippen MR) is 166 cm³/mol. The molecule has 0 fully saturated rings. The molecule has 44 heavy (non-hydrogen) atoms. The van der Waals surface area contributed by atoms with E-state index < -0.39 is 39.2 Å². The Kier molecular flexibility index (Phi) is 9.05. The number of hydrogen-bond donors (Lipinski definition) is 3. The fourth-order valence-corrected chi connectivity index (χ4v) is 5.21. The van der Waals surface area contributed by atoms with Crippen molar-refractivity contribution in [3.05, 3.63) is 128 Å². The summed E-state index contributed by atoms with van der Waals surface area (Å²) in [6.45, 7) is -0.0381. The molecule has 0 bridgehead atoms. The zero-order valence-corrected chi connectivity index (χ0v) is 23.9. The Balaban J connectivity index is 1.13. The highest BCUT2D eigenvalue weighted by atomic mass is 32.1. The average molecular weight is 615 g/mol. The number of nitro benzene ring substituents is 2. The van der Waals surface area contributed by atoms with Gasteiger partial charge < -0.3 is 20.1 Å². The molecule has 224 valence electrons. The first kappa shape index (κ1) is 30.0. The van der Waals surface area contributed by atoms with Crippen molar-refractivity contribution in [2.45, 2.75) is 12.0 Å². The monoisotopic (exact) mass is 614 g/mol. The van der Waals surface area contributed by atoms with Gasteiger partial charge in [-0.2, -0.15) is 12.6 Å². The minimum atomic E-state index is -1.07. The van der Waals surface area contributed by atoms with Gasteiger partial charge in [-0.15, -0.1) is 0 Å². The molecule has 0 heterocycles. The van der Waals surface area contributed by atoms with Gasteiger partial charge in [-0.05, 0) is 52.6 Å². The molecule has 5 rings (SSSR count). The van der Waals surface area contributed by atoms with Crippen molar-refractivity contribution in [1.82, 2.24) is 0 Å². The Labute approximate surface area is 256 Å². The predicted octanol–water partition coefficient (Wildman–Crippen LogP) is 5.80. The number of nitro groups is 2. The molecule has 4 aromatic rings. The second-order valence-corrected chi connectivity index (χ2v) is 10.1. The van der Waals surface area contributed by atoms with Crippen LogP contribution in [0.25, 0.3) is 11.1 Å². The number of anilines is 2. The van der Waals surface area contributed by atoms with Crippen LogP contribution in [0.5, 0.6) is 0 Å². The first-order chi connectivity index (χ1) is 21.3. The van der Waals surface area contributed by atoms with Gasteiger partial charge in [0.1, 0.15) is 18.3 Å². The van der Waals surface area contributed by atoms with Gasteiger partial charge in [-0.1, -0.05) is 48.5 Å². The molecule has 12 nitrogen and oxygen atoms in total. The highest BCUT2D eigenvalue weighted by Gasteiger charge is 2.29. The van der Waals surface area contributed by atoms with Crippen LogP contribution in [0.3, 0.4) is 0 Å². The van der Waals surface area contributed by atoms with Crippen molar-refractivity contribution in [3.63, 3.8) is 0 Å². The maximum absolute atomic E-state index is 12.8. The molecule has 2 N–H and O–H groups in total. The molecule has 4 aromatic carbocycles. The largest absolute Gasteiger partial charge is 0.461 e. The van der Waals surface area contributed by atoms with E-state index in [0.717, 1.165) is 40.5 Å². The molecule has 0 aliphatic heterocycles. The Morgan fingerprint density at radius 3 is 2.07 bits per heavy atom. The molecule has 13 heteroatoms. The van der Waals surface area contributed by atoms with Crippen LogP contribution in [0.15, 0.2) is 91.0 Å². The zero-order chi connectivity index (χ0) is 31.2. The molecule has 0 amide bonds. The van der Waals surface area contributed by atoms with E-state index in [9.17, 15) is 29.8 Å². The summed E-state index contributed by atoms with van der Waals surface area (Å²) in [6, 6.07) is 24.6. The van der Waals surface area contributed by atoms with Crippen LogP contribution < -0.4 is 10.6 Å². The van der Waals surface area contributed by atoms with E-state index >= 15 is 0 Å². The third-order valence-corrected chi connectivity index (χ3v) is 7.51. The summed E-state index contributed by atoms with van der Waals surface area (Å²) in [5.74, 6) is -1.34. The molecule has 1 atom stereocenters. The molecule has 0 unspecified atom stereocenters. The van der Waals surface area contributed by atoms with Crippen molar-refractivity contribution in [1.29, 1.82) is 0 Å². The topological polar surface area (TPSA) is 163 Å². The number of rotatable bonds is 12. The number of non-ortho nitro benzene ring substituents is 1. The lowest BCUT2D eigenvalue weighted by Crippen LogP contribution is -2.34. The summed E-state index contributed by atoms with van der Waals surface area (Å²) >= 11 is 4.11. The number of ether oxygens (including phenoxy) is 2. The number of hydrogen-bond acceptors (Lipinski definition) is 11. The fourth-order valence-electron chi connectivity index (χ4n) is 4.97. The van der Waals surface area contributed by atoms with E-state index in [1.165, 1.54) is 0 Å². The second-order valence-electron chi connectivity index (χ2n) is 9.78. The van der Waals surface area contributed by atoms with Gasteiger partial charge in [0.2, 0.25) is 0 Å². The highest BCUT2D eigenvalue weighted by molar-refractivity contribution is 7.80. The van der Waals surface area contributed by atoms with Gasteiger partial charge in [0.25, 0.3) is 11.4 Å². The molecular weight excluding hydrogens is 588 g/mol. The first-order valence-corrected chi connectivity index (χ1v) is 14.1. The second kappa shape index (κ2) is 13.3. The quantitative estimate of drug-likeness (QED) is 0.0585. The summed E-state index contributed by atoms with van der Waals surface area (Å²) in [5.41, 5.74) is 4.34. The summed E-state index contributed by atoms with van der Waals surface area (Å²) in [7, 11) is 0. The maximum Gasteiger partial charge on any atom is 0.338 e. The van der Waals surface area contributed by atoms with Crippen LogP contribution in [0.2, 0.25) is 0 Å². The smallest absolute Gasteiger partial charge is 0.338 e. The van der Waals surface area contributed by atoms with Gasteiger partial charge in [-0.3, -0.25) is 20.2 Å². The lowest BCUT2D eigenvalue weighted by molar-refractivity contribution is -0.393.